The minimum absolute atomic E-state index is 0.0636. The molecule has 0 radical (unpaired) electrons. The van der Waals surface area contributed by atoms with Gasteiger partial charge in [0.1, 0.15) is 11.0 Å². The summed E-state index contributed by atoms with van der Waals surface area (Å²) < 4.78 is 0. The number of carbonyl (C=O) groups excluding carboxylic acids is 2. The molecule has 3 amide bonds. The van der Waals surface area contributed by atoms with Gasteiger partial charge in [-0.05, 0) is 37.3 Å². The Morgan fingerprint density at radius 1 is 1.30 bits per heavy atom. The Morgan fingerprint density at radius 2 is 2.08 bits per heavy atom. The molecule has 0 saturated heterocycles. The van der Waals surface area contributed by atoms with Crippen molar-refractivity contribution in [1.29, 1.82) is 5.41 Å². The van der Waals surface area contributed by atoms with Crippen LogP contribution in [-0.4, -0.2) is 51.1 Å². The van der Waals surface area contributed by atoms with Gasteiger partial charge >= 0.3 is 6.03 Å². The van der Waals surface area contributed by atoms with Crippen LogP contribution in [0.4, 0.5) is 16.6 Å². The van der Waals surface area contributed by atoms with E-state index in [0.717, 1.165) is 30.4 Å². The molecule has 194 valence electrons. The number of fused-ring (bicyclic) bond motifs is 1. The highest BCUT2D eigenvalue weighted by molar-refractivity contribution is 6.68. The lowest BCUT2D eigenvalue weighted by molar-refractivity contribution is -0.117. The maximum Gasteiger partial charge on any atom is 0.326 e. The summed E-state index contributed by atoms with van der Waals surface area (Å²) in [5, 5.41) is 16.4. The Bertz CT molecular complexity index is 1200. The van der Waals surface area contributed by atoms with Gasteiger partial charge in [-0.25, -0.2) is 9.78 Å². The molecule has 4 rings (SSSR count). The molecule has 1 fully saturated rings. The predicted octanol–water partition coefficient (Wildman–Crippen LogP) is 3.72. The van der Waals surface area contributed by atoms with Crippen molar-refractivity contribution in [2.24, 2.45) is 0 Å². The number of rotatable bonds is 9. The topological polar surface area (TPSA) is 126 Å². The van der Waals surface area contributed by atoms with Crippen LogP contribution in [0, 0.1) is 5.41 Å². The fraction of sp³-hybridized carbons (Fsp3) is 0.346. The Labute approximate surface area is 221 Å². The Morgan fingerprint density at radius 3 is 2.78 bits per heavy atom. The zero-order valence-electron chi connectivity index (χ0n) is 20.7. The van der Waals surface area contributed by atoms with E-state index in [0.29, 0.717) is 31.0 Å². The number of amides is 3. The summed E-state index contributed by atoms with van der Waals surface area (Å²) in [5.74, 6) is 0.535. The van der Waals surface area contributed by atoms with Crippen LogP contribution in [0.3, 0.4) is 0 Å². The molecule has 10 nitrogen and oxygen atoms in total. The van der Waals surface area contributed by atoms with Gasteiger partial charge in [0.2, 0.25) is 11.9 Å². The Kier molecular flexibility index (Phi) is 8.39. The average Bonchev–Trinajstić information content (AvgIpc) is 2.89. The van der Waals surface area contributed by atoms with Gasteiger partial charge in [0.15, 0.2) is 0 Å². The molecule has 1 saturated carbocycles. The normalized spacial score (nSPS) is 19.6. The van der Waals surface area contributed by atoms with Crippen molar-refractivity contribution in [1.82, 2.24) is 25.5 Å². The van der Waals surface area contributed by atoms with Gasteiger partial charge in [0.25, 0.3) is 0 Å². The minimum Gasteiger partial charge on any atom is -0.392 e. The molecule has 1 aromatic heterocycles. The molecular formula is C26H31ClN8O2. The zero-order valence-corrected chi connectivity index (χ0v) is 21.5. The number of aromatic nitrogens is 2. The summed E-state index contributed by atoms with van der Waals surface area (Å²) in [4.78, 5) is 38.5. The molecule has 1 aromatic carbocycles. The second-order valence-corrected chi connectivity index (χ2v) is 9.43. The molecule has 2 aliphatic rings. The van der Waals surface area contributed by atoms with Crippen LogP contribution in [-0.2, 0) is 17.9 Å². The summed E-state index contributed by atoms with van der Waals surface area (Å²) in [5.41, 5.74) is 2.15. The third-order valence-electron chi connectivity index (χ3n) is 6.44. The monoisotopic (exact) mass is 522 g/mol. The van der Waals surface area contributed by atoms with E-state index in [9.17, 15) is 9.59 Å². The van der Waals surface area contributed by atoms with Gasteiger partial charge in [-0.15, -0.1) is 0 Å². The van der Waals surface area contributed by atoms with E-state index in [1.54, 1.807) is 23.0 Å². The van der Waals surface area contributed by atoms with E-state index < -0.39 is 0 Å². The van der Waals surface area contributed by atoms with Crippen LogP contribution in [0.5, 0.6) is 0 Å². The summed E-state index contributed by atoms with van der Waals surface area (Å²) in [6, 6.07) is 9.48. The number of benzene rings is 1. The maximum atomic E-state index is 13.9. The summed E-state index contributed by atoms with van der Waals surface area (Å²) in [7, 11) is 1.70. The molecule has 1 aliphatic carbocycles. The summed E-state index contributed by atoms with van der Waals surface area (Å²) in [6.07, 6.45) is 7.60. The lowest BCUT2D eigenvalue weighted by Crippen LogP contribution is -2.54. The third kappa shape index (κ3) is 6.26. The van der Waals surface area contributed by atoms with Crippen LogP contribution in [0.1, 0.15) is 36.8 Å². The van der Waals surface area contributed by atoms with Crippen molar-refractivity contribution in [2.45, 2.75) is 50.9 Å². The second-order valence-electron chi connectivity index (χ2n) is 9.05. The first-order chi connectivity index (χ1) is 17.9. The number of nitrogens with zero attached hydrogens (tertiary/aromatic N) is 4. The van der Waals surface area contributed by atoms with Crippen molar-refractivity contribution in [3.63, 3.8) is 0 Å². The minimum atomic E-state index is -0.220. The maximum absolute atomic E-state index is 13.9. The quantitative estimate of drug-likeness (QED) is 0.294. The van der Waals surface area contributed by atoms with Crippen LogP contribution in [0.15, 0.2) is 61.1 Å². The fourth-order valence-corrected chi connectivity index (χ4v) is 4.86. The summed E-state index contributed by atoms with van der Waals surface area (Å²) in [6.45, 7) is 4.37. The van der Waals surface area contributed by atoms with E-state index in [1.807, 2.05) is 30.3 Å². The number of hydrogen-bond donors (Lipinski definition) is 4. The number of hydrogen-bond acceptors (Lipinski definition) is 7. The van der Waals surface area contributed by atoms with Crippen molar-refractivity contribution in [2.75, 3.05) is 17.3 Å². The Hall–Kier alpha value is -3.92. The molecule has 0 bridgehead atoms. The van der Waals surface area contributed by atoms with Crippen molar-refractivity contribution in [3.05, 3.63) is 72.2 Å². The van der Waals surface area contributed by atoms with Crippen LogP contribution in [0.25, 0.3) is 0 Å². The molecule has 2 unspecified atom stereocenters. The van der Waals surface area contributed by atoms with Gasteiger partial charge in [0.05, 0.1) is 12.2 Å². The SMILES string of the molecule is C=CC(=O)NC1CCCC(N2C(=O)N(Cc3ccccc3)Cc3cnc(N/C(=C/NC)C(=N)Cl)nc32)C1. The largest absolute Gasteiger partial charge is 0.392 e. The Balaban J connectivity index is 1.67. The predicted molar refractivity (Wildman–Crippen MR) is 144 cm³/mol. The molecule has 1 aliphatic heterocycles. The van der Waals surface area contributed by atoms with E-state index in [2.05, 4.69) is 27.5 Å². The molecule has 2 atom stereocenters. The van der Waals surface area contributed by atoms with Crippen molar-refractivity contribution >= 4 is 40.5 Å². The lowest BCUT2D eigenvalue weighted by Gasteiger charge is -2.43. The first-order valence-electron chi connectivity index (χ1n) is 12.2. The molecule has 11 heteroatoms. The second kappa shape index (κ2) is 11.9. The smallest absolute Gasteiger partial charge is 0.326 e. The molecule has 2 heterocycles. The number of urea groups is 1. The number of halogens is 1. The average molecular weight is 523 g/mol. The fourth-order valence-electron chi connectivity index (χ4n) is 4.76. The first-order valence-corrected chi connectivity index (χ1v) is 12.6. The van der Waals surface area contributed by atoms with Crippen LogP contribution in [0.2, 0.25) is 0 Å². The molecule has 37 heavy (non-hydrogen) atoms. The molecular weight excluding hydrogens is 492 g/mol. The zero-order chi connectivity index (χ0) is 26.4. The van der Waals surface area contributed by atoms with E-state index in [-0.39, 0.29) is 35.1 Å². The number of carbonyl (C=O) groups is 2. The number of anilines is 2. The molecule has 4 N–H and O–H groups in total. The highest BCUT2D eigenvalue weighted by atomic mass is 35.5. The van der Waals surface area contributed by atoms with E-state index >= 15 is 0 Å². The summed E-state index contributed by atoms with van der Waals surface area (Å²) >= 11 is 5.90. The van der Waals surface area contributed by atoms with Crippen molar-refractivity contribution in [3.8, 4) is 0 Å². The molecule has 0 spiro atoms. The highest BCUT2D eigenvalue weighted by Crippen LogP contribution is 2.34. The van der Waals surface area contributed by atoms with Gasteiger partial charge < -0.3 is 20.9 Å². The van der Waals surface area contributed by atoms with Crippen LogP contribution >= 0.6 is 11.6 Å². The molecule has 2 aromatic rings. The van der Waals surface area contributed by atoms with Gasteiger partial charge in [0, 0.05) is 43.6 Å². The lowest BCUT2D eigenvalue weighted by atomic mass is 9.89. The number of nitrogens with one attached hydrogen (secondary N) is 4. The van der Waals surface area contributed by atoms with E-state index in [1.165, 1.54) is 12.3 Å². The third-order valence-corrected chi connectivity index (χ3v) is 6.64. The van der Waals surface area contributed by atoms with Gasteiger partial charge in [-0.1, -0.05) is 48.5 Å². The first kappa shape index (κ1) is 26.2. The standard InChI is InChI=1S/C26H31ClN8O2/c1-3-22(36)31-19-10-7-11-20(12-19)35-24-18(13-30-25(33-24)32-21(14-29-2)23(27)28)16-34(26(35)37)15-17-8-5-4-6-9-17/h3-6,8-9,13-14,19-20,28-29H,1,7,10-12,15-16H2,2H3,(H,31,36)(H,30,32,33)/b21-14+,28-23?. The van der Waals surface area contributed by atoms with Gasteiger partial charge in [-0.2, -0.15) is 4.98 Å². The van der Waals surface area contributed by atoms with Gasteiger partial charge in [-0.3, -0.25) is 15.1 Å². The van der Waals surface area contributed by atoms with Crippen molar-refractivity contribution < 1.29 is 9.59 Å². The highest BCUT2D eigenvalue weighted by Gasteiger charge is 2.39. The van der Waals surface area contributed by atoms with Crippen LogP contribution < -0.4 is 20.9 Å². The van der Waals surface area contributed by atoms with E-state index in [4.69, 9.17) is 22.0 Å². The number of allylic oxidation sites excluding steroid dienone is 1.